The van der Waals surface area contributed by atoms with Crippen molar-refractivity contribution in [3.8, 4) is 0 Å². The van der Waals surface area contributed by atoms with Crippen molar-refractivity contribution in [1.29, 1.82) is 0 Å². The molecule has 1 aliphatic rings. The second kappa shape index (κ2) is 6.21. The minimum absolute atomic E-state index is 0.611. The first-order valence-electron chi connectivity index (χ1n) is 6.94. The molecule has 1 aromatic carbocycles. The van der Waals surface area contributed by atoms with E-state index in [-0.39, 0.29) is 0 Å². The minimum Gasteiger partial charge on any atom is -0.382 e. The van der Waals surface area contributed by atoms with E-state index >= 15 is 0 Å². The van der Waals surface area contributed by atoms with Gasteiger partial charge in [0.15, 0.2) is 0 Å². The molecule has 0 atom stereocenters. The van der Waals surface area contributed by atoms with Crippen molar-refractivity contribution in [2.75, 3.05) is 31.5 Å². The predicted octanol–water partition coefficient (Wildman–Crippen LogP) is 2.14. The molecule has 0 radical (unpaired) electrons. The maximum atomic E-state index is 5.59. The zero-order chi connectivity index (χ0) is 13.0. The van der Waals surface area contributed by atoms with Crippen LogP contribution in [0.4, 0.5) is 5.69 Å². The Morgan fingerprint density at radius 1 is 1.17 bits per heavy atom. The SMILES string of the molecule is Cc1cc(C)cc(NC2CCN(CCN)CC2)c1. The number of likely N-dealkylation sites (tertiary alicyclic amines) is 1. The Labute approximate surface area is 110 Å². The monoisotopic (exact) mass is 247 g/mol. The second-order valence-electron chi connectivity index (χ2n) is 5.43. The van der Waals surface area contributed by atoms with E-state index in [1.807, 2.05) is 0 Å². The highest BCUT2D eigenvalue weighted by atomic mass is 15.1. The number of hydrogen-bond donors (Lipinski definition) is 2. The average Bonchev–Trinajstić information content (AvgIpc) is 2.31. The van der Waals surface area contributed by atoms with Crippen molar-refractivity contribution >= 4 is 5.69 Å². The lowest BCUT2D eigenvalue weighted by Crippen LogP contribution is -2.41. The van der Waals surface area contributed by atoms with Gasteiger partial charge in [-0.2, -0.15) is 0 Å². The van der Waals surface area contributed by atoms with E-state index in [1.165, 1.54) is 42.7 Å². The van der Waals surface area contributed by atoms with Gasteiger partial charge in [0.2, 0.25) is 0 Å². The molecule has 0 aliphatic carbocycles. The Kier molecular flexibility index (Phi) is 4.61. The molecule has 0 spiro atoms. The Hall–Kier alpha value is -1.06. The first-order valence-corrected chi connectivity index (χ1v) is 6.94. The summed E-state index contributed by atoms with van der Waals surface area (Å²) in [5.41, 5.74) is 9.52. The number of nitrogens with zero attached hydrogens (tertiary/aromatic N) is 1. The molecule has 100 valence electrons. The Morgan fingerprint density at radius 2 is 1.78 bits per heavy atom. The Morgan fingerprint density at radius 3 is 2.33 bits per heavy atom. The van der Waals surface area contributed by atoms with E-state index in [0.29, 0.717) is 6.04 Å². The van der Waals surface area contributed by atoms with Gasteiger partial charge in [0.05, 0.1) is 0 Å². The molecule has 3 N–H and O–H groups in total. The molecule has 3 nitrogen and oxygen atoms in total. The number of aryl methyl sites for hydroxylation is 2. The summed E-state index contributed by atoms with van der Waals surface area (Å²) in [7, 11) is 0. The fourth-order valence-corrected chi connectivity index (χ4v) is 2.78. The lowest BCUT2D eigenvalue weighted by molar-refractivity contribution is 0.224. The number of benzene rings is 1. The van der Waals surface area contributed by atoms with Crippen LogP contribution in [0.1, 0.15) is 24.0 Å². The summed E-state index contributed by atoms with van der Waals surface area (Å²) in [6, 6.07) is 7.30. The van der Waals surface area contributed by atoms with Crippen molar-refractivity contribution in [3.63, 3.8) is 0 Å². The zero-order valence-electron chi connectivity index (χ0n) is 11.6. The van der Waals surface area contributed by atoms with E-state index in [1.54, 1.807) is 0 Å². The van der Waals surface area contributed by atoms with Gasteiger partial charge in [-0.3, -0.25) is 0 Å². The van der Waals surface area contributed by atoms with Gasteiger partial charge in [-0.25, -0.2) is 0 Å². The van der Waals surface area contributed by atoms with Crippen LogP contribution < -0.4 is 11.1 Å². The van der Waals surface area contributed by atoms with Crippen molar-refractivity contribution < 1.29 is 0 Å². The third kappa shape index (κ3) is 3.72. The van der Waals surface area contributed by atoms with Crippen molar-refractivity contribution in [1.82, 2.24) is 4.90 Å². The zero-order valence-corrected chi connectivity index (χ0v) is 11.6. The van der Waals surface area contributed by atoms with Crippen molar-refractivity contribution in [2.45, 2.75) is 32.7 Å². The van der Waals surface area contributed by atoms with Crippen LogP contribution in [0, 0.1) is 13.8 Å². The highest BCUT2D eigenvalue weighted by Gasteiger charge is 2.18. The number of nitrogens with one attached hydrogen (secondary N) is 1. The van der Waals surface area contributed by atoms with Gasteiger partial charge in [-0.1, -0.05) is 6.07 Å². The maximum absolute atomic E-state index is 5.59. The van der Waals surface area contributed by atoms with Gasteiger partial charge < -0.3 is 16.0 Å². The highest BCUT2D eigenvalue weighted by Crippen LogP contribution is 2.19. The minimum atomic E-state index is 0.611. The molecular formula is C15H25N3. The van der Waals surface area contributed by atoms with Crippen LogP contribution in [-0.2, 0) is 0 Å². The molecule has 3 heteroatoms. The van der Waals surface area contributed by atoms with Gasteiger partial charge in [0.25, 0.3) is 0 Å². The van der Waals surface area contributed by atoms with E-state index in [4.69, 9.17) is 5.73 Å². The fourth-order valence-electron chi connectivity index (χ4n) is 2.78. The summed E-state index contributed by atoms with van der Waals surface area (Å²) in [6.45, 7) is 8.45. The number of anilines is 1. The van der Waals surface area contributed by atoms with Gasteiger partial charge in [0.1, 0.15) is 0 Å². The second-order valence-corrected chi connectivity index (χ2v) is 5.43. The number of piperidine rings is 1. The smallest absolute Gasteiger partial charge is 0.0347 e. The molecule has 0 bridgehead atoms. The third-order valence-electron chi connectivity index (χ3n) is 3.63. The van der Waals surface area contributed by atoms with Crippen LogP contribution in [-0.4, -0.2) is 37.1 Å². The van der Waals surface area contributed by atoms with E-state index in [9.17, 15) is 0 Å². The third-order valence-corrected chi connectivity index (χ3v) is 3.63. The first-order chi connectivity index (χ1) is 8.67. The molecule has 0 aromatic heterocycles. The lowest BCUT2D eigenvalue weighted by atomic mass is 10.0. The average molecular weight is 247 g/mol. The van der Waals surface area contributed by atoms with Gasteiger partial charge in [0, 0.05) is 37.9 Å². The molecule has 0 unspecified atom stereocenters. The molecule has 1 aromatic rings. The Bertz CT molecular complexity index is 361. The highest BCUT2D eigenvalue weighted by molar-refractivity contribution is 5.49. The van der Waals surface area contributed by atoms with Gasteiger partial charge in [-0.05, 0) is 49.9 Å². The molecule has 1 heterocycles. The van der Waals surface area contributed by atoms with E-state index in [2.05, 4.69) is 42.3 Å². The largest absolute Gasteiger partial charge is 0.382 e. The number of rotatable bonds is 4. The van der Waals surface area contributed by atoms with Gasteiger partial charge in [-0.15, -0.1) is 0 Å². The van der Waals surface area contributed by atoms with Crippen LogP contribution >= 0.6 is 0 Å². The molecule has 1 fully saturated rings. The molecule has 0 amide bonds. The molecule has 18 heavy (non-hydrogen) atoms. The van der Waals surface area contributed by atoms with Crippen LogP contribution in [0.15, 0.2) is 18.2 Å². The van der Waals surface area contributed by atoms with Crippen LogP contribution in [0.25, 0.3) is 0 Å². The summed E-state index contributed by atoms with van der Waals surface area (Å²) < 4.78 is 0. The topological polar surface area (TPSA) is 41.3 Å². The fraction of sp³-hybridized carbons (Fsp3) is 0.600. The van der Waals surface area contributed by atoms with E-state index in [0.717, 1.165) is 13.1 Å². The summed E-state index contributed by atoms with van der Waals surface area (Å²) in [6.07, 6.45) is 2.43. The standard InChI is InChI=1S/C15H25N3/c1-12-9-13(2)11-15(10-12)17-14-3-6-18(7-4-14)8-5-16/h9-11,14,17H,3-8,16H2,1-2H3. The summed E-state index contributed by atoms with van der Waals surface area (Å²) in [5.74, 6) is 0. The Balaban J connectivity index is 1.87. The maximum Gasteiger partial charge on any atom is 0.0347 e. The van der Waals surface area contributed by atoms with Crippen LogP contribution in [0.5, 0.6) is 0 Å². The predicted molar refractivity (Wildman–Crippen MR) is 78.1 cm³/mol. The van der Waals surface area contributed by atoms with Crippen molar-refractivity contribution in [2.24, 2.45) is 5.73 Å². The van der Waals surface area contributed by atoms with Crippen LogP contribution in [0.3, 0.4) is 0 Å². The summed E-state index contributed by atoms with van der Waals surface area (Å²) in [5, 5.41) is 3.67. The van der Waals surface area contributed by atoms with Crippen LogP contribution in [0.2, 0.25) is 0 Å². The molecule has 2 rings (SSSR count). The summed E-state index contributed by atoms with van der Waals surface area (Å²) >= 11 is 0. The van der Waals surface area contributed by atoms with E-state index < -0.39 is 0 Å². The van der Waals surface area contributed by atoms with Crippen molar-refractivity contribution in [3.05, 3.63) is 29.3 Å². The quantitative estimate of drug-likeness (QED) is 0.856. The number of hydrogen-bond acceptors (Lipinski definition) is 3. The molecule has 1 aliphatic heterocycles. The normalized spacial score (nSPS) is 17.9. The van der Waals surface area contributed by atoms with Gasteiger partial charge >= 0.3 is 0 Å². The molecular weight excluding hydrogens is 222 g/mol. The lowest BCUT2D eigenvalue weighted by Gasteiger charge is -2.32. The first kappa shape index (κ1) is 13.4. The molecule has 1 saturated heterocycles. The number of nitrogens with two attached hydrogens (primary N) is 1. The molecule has 0 saturated carbocycles. The summed E-state index contributed by atoms with van der Waals surface area (Å²) in [4.78, 5) is 2.46.